The van der Waals surface area contributed by atoms with Gasteiger partial charge in [0.15, 0.2) is 17.4 Å². The smallest absolute Gasteiger partial charge is 0.179 e. The number of carbonyl (C=O) groups excluding carboxylic acids is 1. The van der Waals surface area contributed by atoms with Crippen LogP contribution in [0.1, 0.15) is 23.7 Å². The fraction of sp³-hybridized carbons (Fsp3) is 0.533. The van der Waals surface area contributed by atoms with Crippen molar-refractivity contribution in [3.8, 4) is 0 Å². The van der Waals surface area contributed by atoms with Gasteiger partial charge in [0, 0.05) is 24.7 Å². The van der Waals surface area contributed by atoms with E-state index in [1.54, 1.807) is 0 Å². The van der Waals surface area contributed by atoms with Crippen LogP contribution in [-0.4, -0.2) is 54.9 Å². The van der Waals surface area contributed by atoms with Crippen LogP contribution in [0, 0.1) is 11.6 Å². The molecule has 110 valence electrons. The molecule has 0 aromatic heterocycles. The van der Waals surface area contributed by atoms with E-state index in [-0.39, 0.29) is 17.4 Å². The maximum absolute atomic E-state index is 13.2. The van der Waals surface area contributed by atoms with Crippen LogP contribution in [0.15, 0.2) is 18.2 Å². The van der Waals surface area contributed by atoms with Gasteiger partial charge in [-0.2, -0.15) is 0 Å². The number of rotatable bonds is 4. The van der Waals surface area contributed by atoms with Gasteiger partial charge in [-0.05, 0) is 45.6 Å². The number of carbonyl (C=O) groups is 1. The van der Waals surface area contributed by atoms with Gasteiger partial charge in [0.25, 0.3) is 0 Å². The molecule has 1 fully saturated rings. The molecule has 0 saturated carbocycles. The highest BCUT2D eigenvalue weighted by Gasteiger charge is 2.31. The first-order valence-corrected chi connectivity index (χ1v) is 6.80. The van der Waals surface area contributed by atoms with Crippen molar-refractivity contribution in [2.75, 3.05) is 27.2 Å². The number of benzene rings is 1. The summed E-state index contributed by atoms with van der Waals surface area (Å²) in [5.41, 5.74) is 0.227. The molecule has 1 heterocycles. The lowest BCUT2D eigenvalue weighted by Gasteiger charge is -2.24. The maximum atomic E-state index is 13.2. The summed E-state index contributed by atoms with van der Waals surface area (Å²) in [4.78, 5) is 16.6. The van der Waals surface area contributed by atoms with Crippen LogP contribution in [0.4, 0.5) is 8.78 Å². The Morgan fingerprint density at radius 2 is 2.05 bits per heavy atom. The minimum atomic E-state index is -0.976. The number of ketones is 1. The molecule has 2 rings (SSSR count). The number of hydrogen-bond acceptors (Lipinski definition) is 3. The molecule has 5 heteroatoms. The van der Waals surface area contributed by atoms with Crippen molar-refractivity contribution in [3.05, 3.63) is 35.4 Å². The van der Waals surface area contributed by atoms with Crippen molar-refractivity contribution < 1.29 is 13.6 Å². The number of likely N-dealkylation sites (N-methyl/N-ethyl adjacent to an activating group) is 1. The van der Waals surface area contributed by atoms with Crippen molar-refractivity contribution in [3.63, 3.8) is 0 Å². The van der Waals surface area contributed by atoms with E-state index < -0.39 is 11.6 Å². The predicted octanol–water partition coefficient (Wildman–Crippen LogP) is 2.17. The van der Waals surface area contributed by atoms with Gasteiger partial charge in [-0.1, -0.05) is 0 Å². The fourth-order valence-corrected chi connectivity index (χ4v) is 2.60. The fourth-order valence-electron chi connectivity index (χ4n) is 2.60. The Bertz CT molecular complexity index is 505. The van der Waals surface area contributed by atoms with E-state index in [0.29, 0.717) is 6.04 Å². The van der Waals surface area contributed by atoms with Crippen molar-refractivity contribution in [2.24, 2.45) is 0 Å². The van der Waals surface area contributed by atoms with Crippen LogP contribution in [0.2, 0.25) is 0 Å². The minimum absolute atomic E-state index is 0.164. The Morgan fingerprint density at radius 1 is 1.35 bits per heavy atom. The van der Waals surface area contributed by atoms with Gasteiger partial charge >= 0.3 is 0 Å². The standard InChI is InChI=1S/C15H20F2N2O/c1-10(19-7-6-12(9-19)18(2)3)15(20)11-4-5-13(16)14(17)8-11/h4-5,8,10,12H,6-7,9H2,1-3H3. The highest BCUT2D eigenvalue weighted by Crippen LogP contribution is 2.19. The van der Waals surface area contributed by atoms with E-state index in [2.05, 4.69) is 9.80 Å². The summed E-state index contributed by atoms with van der Waals surface area (Å²) < 4.78 is 26.1. The molecule has 1 saturated heterocycles. The number of Topliss-reactive ketones (excluding diaryl/α,β-unsaturated/α-hetero) is 1. The van der Waals surface area contributed by atoms with Gasteiger partial charge in [-0.3, -0.25) is 9.69 Å². The van der Waals surface area contributed by atoms with Crippen LogP contribution in [-0.2, 0) is 0 Å². The quantitative estimate of drug-likeness (QED) is 0.791. The average Bonchev–Trinajstić information content (AvgIpc) is 2.90. The Labute approximate surface area is 118 Å². The van der Waals surface area contributed by atoms with E-state index in [4.69, 9.17) is 0 Å². The highest BCUT2D eigenvalue weighted by molar-refractivity contribution is 5.99. The molecule has 2 atom stereocenters. The van der Waals surface area contributed by atoms with Crippen LogP contribution in [0.3, 0.4) is 0 Å². The van der Waals surface area contributed by atoms with Crippen molar-refractivity contribution in [1.82, 2.24) is 9.80 Å². The normalized spacial score (nSPS) is 21.4. The van der Waals surface area contributed by atoms with Crippen molar-refractivity contribution >= 4 is 5.78 Å². The zero-order valence-corrected chi connectivity index (χ0v) is 12.1. The number of halogens is 2. The average molecular weight is 282 g/mol. The summed E-state index contributed by atoms with van der Waals surface area (Å²) >= 11 is 0. The largest absolute Gasteiger partial charge is 0.305 e. The lowest BCUT2D eigenvalue weighted by Crippen LogP contribution is -2.40. The van der Waals surface area contributed by atoms with Gasteiger partial charge in [-0.25, -0.2) is 8.78 Å². The van der Waals surface area contributed by atoms with E-state index in [1.807, 2.05) is 21.0 Å². The topological polar surface area (TPSA) is 23.6 Å². The molecule has 2 unspecified atom stereocenters. The van der Waals surface area contributed by atoms with Crippen molar-refractivity contribution in [2.45, 2.75) is 25.4 Å². The first-order valence-electron chi connectivity index (χ1n) is 6.80. The number of nitrogens with zero attached hydrogens (tertiary/aromatic N) is 2. The number of likely N-dealkylation sites (tertiary alicyclic amines) is 1. The van der Waals surface area contributed by atoms with Crippen LogP contribution >= 0.6 is 0 Å². The first-order chi connectivity index (χ1) is 9.40. The summed E-state index contributed by atoms with van der Waals surface area (Å²) in [5, 5.41) is 0. The molecule has 0 spiro atoms. The van der Waals surface area contributed by atoms with E-state index in [1.165, 1.54) is 6.07 Å². The molecule has 20 heavy (non-hydrogen) atoms. The zero-order valence-electron chi connectivity index (χ0n) is 12.1. The monoisotopic (exact) mass is 282 g/mol. The third-order valence-electron chi connectivity index (χ3n) is 4.06. The SMILES string of the molecule is CC(C(=O)c1ccc(F)c(F)c1)N1CCC(N(C)C)C1. The number of hydrogen-bond donors (Lipinski definition) is 0. The Kier molecular flexibility index (Phi) is 4.50. The second-order valence-corrected chi connectivity index (χ2v) is 5.57. The molecule has 1 aromatic rings. The van der Waals surface area contributed by atoms with Gasteiger partial charge in [0.2, 0.25) is 0 Å². The van der Waals surface area contributed by atoms with Gasteiger partial charge < -0.3 is 4.90 Å². The zero-order chi connectivity index (χ0) is 14.9. The molecule has 0 amide bonds. The van der Waals surface area contributed by atoms with Gasteiger partial charge in [0.1, 0.15) is 0 Å². The summed E-state index contributed by atoms with van der Waals surface area (Å²) in [5.74, 6) is -2.07. The summed E-state index contributed by atoms with van der Waals surface area (Å²) in [6.45, 7) is 3.49. The van der Waals surface area contributed by atoms with Crippen LogP contribution in [0.25, 0.3) is 0 Å². The molecule has 1 aliphatic heterocycles. The molecule has 3 nitrogen and oxygen atoms in total. The molecule has 0 radical (unpaired) electrons. The predicted molar refractivity (Wildman–Crippen MR) is 73.8 cm³/mol. The van der Waals surface area contributed by atoms with Gasteiger partial charge in [-0.15, -0.1) is 0 Å². The molecule has 0 bridgehead atoms. The summed E-state index contributed by atoms with van der Waals surface area (Å²) in [6, 6.07) is 3.45. The second-order valence-electron chi connectivity index (χ2n) is 5.57. The maximum Gasteiger partial charge on any atom is 0.179 e. The molecule has 1 aromatic carbocycles. The molecular formula is C15H20F2N2O. The Morgan fingerprint density at radius 3 is 2.60 bits per heavy atom. The minimum Gasteiger partial charge on any atom is -0.305 e. The van der Waals surface area contributed by atoms with Gasteiger partial charge in [0.05, 0.1) is 6.04 Å². The van der Waals surface area contributed by atoms with Crippen LogP contribution < -0.4 is 0 Å². The van der Waals surface area contributed by atoms with Crippen LogP contribution in [0.5, 0.6) is 0 Å². The first kappa shape index (κ1) is 15.1. The molecule has 0 N–H and O–H groups in total. The third kappa shape index (κ3) is 3.04. The Balaban J connectivity index is 2.07. The molecule has 0 aliphatic carbocycles. The lowest BCUT2D eigenvalue weighted by molar-refractivity contribution is 0.0859. The summed E-state index contributed by atoms with van der Waals surface area (Å²) in [6.07, 6.45) is 1.02. The van der Waals surface area contributed by atoms with E-state index in [9.17, 15) is 13.6 Å². The van der Waals surface area contributed by atoms with E-state index >= 15 is 0 Å². The molecular weight excluding hydrogens is 262 g/mol. The highest BCUT2D eigenvalue weighted by atomic mass is 19.2. The third-order valence-corrected chi connectivity index (χ3v) is 4.06. The Hall–Kier alpha value is -1.33. The summed E-state index contributed by atoms with van der Waals surface area (Å²) in [7, 11) is 4.05. The molecule has 1 aliphatic rings. The lowest BCUT2D eigenvalue weighted by atomic mass is 10.0. The van der Waals surface area contributed by atoms with E-state index in [0.717, 1.165) is 31.6 Å². The van der Waals surface area contributed by atoms with Crippen molar-refractivity contribution in [1.29, 1.82) is 0 Å². The second kappa shape index (κ2) is 5.97.